The monoisotopic (exact) mass is 487 g/mol. The number of rotatable bonds is 3. The van der Waals surface area contributed by atoms with E-state index in [0.717, 1.165) is 4.47 Å². The second-order valence-corrected chi connectivity index (χ2v) is 9.19. The third-order valence-corrected chi connectivity index (χ3v) is 7.28. The van der Waals surface area contributed by atoms with Gasteiger partial charge in [-0.15, -0.1) is 0 Å². The summed E-state index contributed by atoms with van der Waals surface area (Å²) in [7, 11) is -3.58. The maximum Gasteiger partial charge on any atom is 0.255 e. The highest BCUT2D eigenvalue weighted by Gasteiger charge is 2.31. The van der Waals surface area contributed by atoms with Gasteiger partial charge in [0.05, 0.1) is 10.5 Å². The molecule has 1 fully saturated rings. The van der Waals surface area contributed by atoms with Crippen molar-refractivity contribution < 1.29 is 13.2 Å². The van der Waals surface area contributed by atoms with Gasteiger partial charge >= 0.3 is 0 Å². The Balaban J connectivity index is 1.72. The van der Waals surface area contributed by atoms with Crippen molar-refractivity contribution in [3.8, 4) is 0 Å². The highest BCUT2D eigenvalue weighted by Crippen LogP contribution is 2.25. The van der Waals surface area contributed by atoms with E-state index >= 15 is 0 Å². The molecule has 132 valence electrons. The smallest absolute Gasteiger partial charge is 0.255 e. The summed E-state index contributed by atoms with van der Waals surface area (Å²) in [5.41, 5.74) is 0.483. The van der Waals surface area contributed by atoms with Crippen molar-refractivity contribution >= 4 is 47.8 Å². The Morgan fingerprint density at radius 1 is 1.04 bits per heavy atom. The molecule has 25 heavy (non-hydrogen) atoms. The molecule has 1 aliphatic heterocycles. The van der Waals surface area contributed by atoms with Crippen LogP contribution in [0.4, 0.5) is 0 Å². The summed E-state index contributed by atoms with van der Waals surface area (Å²) in [6.45, 7) is 1.21. The highest BCUT2D eigenvalue weighted by molar-refractivity contribution is 9.10. The van der Waals surface area contributed by atoms with Crippen molar-refractivity contribution in [1.29, 1.82) is 0 Å². The zero-order valence-corrected chi connectivity index (χ0v) is 17.1. The molecule has 0 saturated carbocycles. The van der Waals surface area contributed by atoms with Gasteiger partial charge in [0, 0.05) is 47.5 Å². The normalized spacial score (nSPS) is 16.0. The molecular weight excluding hydrogens is 474 g/mol. The standard InChI is InChI=1S/C16H15Br2N3O3S/c17-13-9-12(10-19-11-13)16(22)20-5-7-21(8-6-20)25(23,24)15-4-2-1-3-14(15)18/h1-4,9-11H,5-8H2. The Bertz CT molecular complexity index is 897. The third-order valence-electron chi connectivity index (χ3n) is 3.93. The van der Waals surface area contributed by atoms with E-state index < -0.39 is 10.0 Å². The molecule has 9 heteroatoms. The minimum absolute atomic E-state index is 0.147. The molecular formula is C16H15Br2N3O3S. The molecule has 6 nitrogen and oxygen atoms in total. The van der Waals surface area contributed by atoms with Crippen LogP contribution >= 0.6 is 31.9 Å². The molecule has 1 amide bonds. The van der Waals surface area contributed by atoms with E-state index in [4.69, 9.17) is 0 Å². The van der Waals surface area contributed by atoms with Crippen LogP contribution in [0.1, 0.15) is 10.4 Å². The molecule has 3 rings (SSSR count). The van der Waals surface area contributed by atoms with Crippen LogP contribution in [0.3, 0.4) is 0 Å². The van der Waals surface area contributed by atoms with E-state index in [1.165, 1.54) is 10.5 Å². The van der Waals surface area contributed by atoms with Crippen LogP contribution in [0.15, 0.2) is 56.6 Å². The summed E-state index contributed by atoms with van der Waals surface area (Å²) in [5.74, 6) is -0.147. The molecule has 0 unspecified atom stereocenters. The zero-order valence-electron chi connectivity index (χ0n) is 13.1. The van der Waals surface area contributed by atoms with Crippen LogP contribution in [-0.2, 0) is 10.0 Å². The second-order valence-electron chi connectivity index (χ2n) is 5.52. The predicted octanol–water partition coefficient (Wildman–Crippen LogP) is 2.75. The van der Waals surface area contributed by atoms with E-state index in [1.54, 1.807) is 41.4 Å². The number of amides is 1. The average Bonchev–Trinajstić information content (AvgIpc) is 2.61. The van der Waals surface area contributed by atoms with Gasteiger partial charge in [-0.25, -0.2) is 8.42 Å². The molecule has 0 aliphatic carbocycles. The summed E-state index contributed by atoms with van der Waals surface area (Å²) >= 11 is 6.59. The summed E-state index contributed by atoms with van der Waals surface area (Å²) in [6.07, 6.45) is 3.12. The maximum absolute atomic E-state index is 12.8. The van der Waals surface area contributed by atoms with Crippen LogP contribution in [0.25, 0.3) is 0 Å². The average molecular weight is 489 g/mol. The summed E-state index contributed by atoms with van der Waals surface area (Å²) < 4.78 is 28.2. The lowest BCUT2D eigenvalue weighted by atomic mass is 10.2. The fourth-order valence-corrected chi connectivity index (χ4v) is 5.39. The Kier molecular flexibility index (Phi) is 5.57. The maximum atomic E-state index is 12.8. The van der Waals surface area contributed by atoms with Gasteiger partial charge in [0.1, 0.15) is 0 Å². The van der Waals surface area contributed by atoms with Crippen LogP contribution in [0.5, 0.6) is 0 Å². The van der Waals surface area contributed by atoms with Crippen LogP contribution in [0, 0.1) is 0 Å². The number of hydrogen-bond acceptors (Lipinski definition) is 4. The van der Waals surface area contributed by atoms with Gasteiger partial charge in [-0.2, -0.15) is 4.31 Å². The molecule has 1 aliphatic rings. The largest absolute Gasteiger partial charge is 0.336 e. The molecule has 1 saturated heterocycles. The van der Waals surface area contributed by atoms with Gasteiger partial charge in [-0.1, -0.05) is 12.1 Å². The number of carbonyl (C=O) groups is 1. The molecule has 0 N–H and O–H groups in total. The third kappa shape index (κ3) is 3.94. The second kappa shape index (κ2) is 7.53. The molecule has 1 aromatic heterocycles. The Morgan fingerprint density at radius 3 is 2.36 bits per heavy atom. The Morgan fingerprint density at radius 2 is 1.72 bits per heavy atom. The number of halogens is 2. The fourth-order valence-electron chi connectivity index (χ4n) is 2.64. The first-order chi connectivity index (χ1) is 11.9. The van der Waals surface area contributed by atoms with Crippen molar-refractivity contribution in [3.63, 3.8) is 0 Å². The van der Waals surface area contributed by atoms with Gasteiger partial charge in [0.2, 0.25) is 10.0 Å². The quantitative estimate of drug-likeness (QED) is 0.666. The molecule has 2 heterocycles. The number of pyridine rings is 1. The van der Waals surface area contributed by atoms with Gasteiger partial charge < -0.3 is 4.90 Å². The van der Waals surface area contributed by atoms with E-state index in [2.05, 4.69) is 36.8 Å². The number of hydrogen-bond donors (Lipinski definition) is 0. The van der Waals surface area contributed by atoms with Crippen LogP contribution in [-0.4, -0.2) is 54.7 Å². The number of piperazine rings is 1. The lowest BCUT2D eigenvalue weighted by Gasteiger charge is -2.34. The summed E-state index contributed by atoms with van der Waals surface area (Å²) in [4.78, 5) is 18.4. The number of sulfonamides is 1. The van der Waals surface area contributed by atoms with Crippen LogP contribution in [0.2, 0.25) is 0 Å². The number of aromatic nitrogens is 1. The zero-order chi connectivity index (χ0) is 18.0. The number of carbonyl (C=O) groups excluding carboxylic acids is 1. The summed E-state index contributed by atoms with van der Waals surface area (Å²) in [6, 6.07) is 8.44. The first-order valence-corrected chi connectivity index (χ1v) is 10.6. The van der Waals surface area contributed by atoms with Crippen molar-refractivity contribution in [2.45, 2.75) is 4.90 Å². The van der Waals surface area contributed by atoms with Crippen molar-refractivity contribution in [2.75, 3.05) is 26.2 Å². The van der Waals surface area contributed by atoms with E-state index in [9.17, 15) is 13.2 Å². The van der Waals surface area contributed by atoms with E-state index in [0.29, 0.717) is 23.1 Å². The lowest BCUT2D eigenvalue weighted by molar-refractivity contribution is 0.0697. The minimum Gasteiger partial charge on any atom is -0.336 e. The predicted molar refractivity (Wildman–Crippen MR) is 101 cm³/mol. The fraction of sp³-hybridized carbons (Fsp3) is 0.250. The van der Waals surface area contributed by atoms with E-state index in [1.807, 2.05) is 0 Å². The van der Waals surface area contributed by atoms with Crippen molar-refractivity contribution in [2.24, 2.45) is 0 Å². The topological polar surface area (TPSA) is 70.6 Å². The first kappa shape index (κ1) is 18.5. The molecule has 1 aromatic carbocycles. The van der Waals surface area contributed by atoms with Gasteiger partial charge in [-0.3, -0.25) is 9.78 Å². The molecule has 0 spiro atoms. The van der Waals surface area contributed by atoms with Crippen LogP contribution < -0.4 is 0 Å². The summed E-state index contributed by atoms with van der Waals surface area (Å²) in [5, 5.41) is 0. The number of benzene rings is 1. The highest BCUT2D eigenvalue weighted by atomic mass is 79.9. The van der Waals surface area contributed by atoms with E-state index in [-0.39, 0.29) is 23.9 Å². The van der Waals surface area contributed by atoms with Gasteiger partial charge in [-0.05, 0) is 50.1 Å². The van der Waals surface area contributed by atoms with Gasteiger partial charge in [0.15, 0.2) is 0 Å². The number of nitrogens with zero attached hydrogens (tertiary/aromatic N) is 3. The molecule has 0 atom stereocenters. The molecule has 0 radical (unpaired) electrons. The Labute approximate surface area is 163 Å². The SMILES string of the molecule is O=C(c1cncc(Br)c1)N1CCN(S(=O)(=O)c2ccccc2Br)CC1. The molecule has 2 aromatic rings. The minimum atomic E-state index is -3.58. The Hall–Kier alpha value is -1.29. The first-order valence-electron chi connectivity index (χ1n) is 7.54. The van der Waals surface area contributed by atoms with Crippen molar-refractivity contribution in [3.05, 3.63) is 57.2 Å². The van der Waals surface area contributed by atoms with Crippen molar-refractivity contribution in [1.82, 2.24) is 14.2 Å². The lowest BCUT2D eigenvalue weighted by Crippen LogP contribution is -2.50. The van der Waals surface area contributed by atoms with Gasteiger partial charge in [0.25, 0.3) is 5.91 Å². The molecule has 0 bridgehead atoms.